The van der Waals surface area contributed by atoms with Crippen molar-refractivity contribution in [2.75, 3.05) is 11.9 Å². The van der Waals surface area contributed by atoms with E-state index >= 15 is 0 Å². The molecule has 1 rings (SSSR count). The van der Waals surface area contributed by atoms with Gasteiger partial charge < -0.3 is 0 Å². The zero-order valence-electron chi connectivity index (χ0n) is 10.3. The summed E-state index contributed by atoms with van der Waals surface area (Å²) in [7, 11) is 1.88. The monoisotopic (exact) mass is 307 g/mol. The van der Waals surface area contributed by atoms with Crippen molar-refractivity contribution in [3.63, 3.8) is 0 Å². The highest BCUT2D eigenvalue weighted by Gasteiger charge is 2.16. The van der Waals surface area contributed by atoms with Gasteiger partial charge >= 0.3 is 0 Å². The lowest BCUT2D eigenvalue weighted by Crippen LogP contribution is -2.32. The minimum atomic E-state index is 0.508. The quantitative estimate of drug-likeness (QED) is 0.780. The van der Waals surface area contributed by atoms with E-state index in [1.54, 1.807) is 4.68 Å². The minimum absolute atomic E-state index is 0.508. The van der Waals surface area contributed by atoms with E-state index in [9.17, 15) is 0 Å². The van der Waals surface area contributed by atoms with Gasteiger partial charge in [-0.3, -0.25) is 9.58 Å². The third-order valence-electron chi connectivity index (χ3n) is 2.73. The fourth-order valence-electron chi connectivity index (χ4n) is 1.68. The lowest BCUT2D eigenvalue weighted by atomic mass is 10.2. The minimum Gasteiger partial charge on any atom is -0.296 e. The van der Waals surface area contributed by atoms with Gasteiger partial charge in [0.25, 0.3) is 0 Å². The third-order valence-corrected chi connectivity index (χ3v) is 3.56. The summed E-state index contributed by atoms with van der Waals surface area (Å²) >= 11 is 9.70. The molecule has 0 aliphatic heterocycles. The Morgan fingerprint density at radius 1 is 1.50 bits per heavy atom. The molecule has 0 bridgehead atoms. The fourth-order valence-corrected chi connectivity index (χ4v) is 2.37. The van der Waals surface area contributed by atoms with Crippen molar-refractivity contribution in [1.29, 1.82) is 0 Å². The number of halogens is 2. The van der Waals surface area contributed by atoms with Gasteiger partial charge in [-0.05, 0) is 20.8 Å². The first kappa shape index (κ1) is 14.0. The molecule has 1 heterocycles. The van der Waals surface area contributed by atoms with Crippen LogP contribution in [-0.2, 0) is 13.6 Å². The van der Waals surface area contributed by atoms with Crippen molar-refractivity contribution in [3.05, 3.63) is 16.4 Å². The Morgan fingerprint density at radius 3 is 2.50 bits per heavy atom. The van der Waals surface area contributed by atoms with Crippen LogP contribution in [0.3, 0.4) is 0 Å². The molecule has 0 saturated heterocycles. The van der Waals surface area contributed by atoms with Crippen LogP contribution in [0.1, 0.15) is 25.1 Å². The molecule has 0 spiro atoms. The summed E-state index contributed by atoms with van der Waals surface area (Å²) in [5.41, 5.74) is 2.16. The predicted octanol–water partition coefficient (Wildman–Crippen LogP) is 2.99. The highest BCUT2D eigenvalue weighted by molar-refractivity contribution is 9.09. The number of alkyl halides is 1. The first-order valence-corrected chi connectivity index (χ1v) is 6.95. The summed E-state index contributed by atoms with van der Waals surface area (Å²) in [6.45, 7) is 8.28. The van der Waals surface area contributed by atoms with Gasteiger partial charge in [-0.25, -0.2) is 0 Å². The zero-order chi connectivity index (χ0) is 12.3. The van der Waals surface area contributed by atoms with Crippen LogP contribution >= 0.6 is 27.5 Å². The molecule has 0 aliphatic carbocycles. The molecule has 1 aromatic heterocycles. The summed E-state index contributed by atoms with van der Waals surface area (Å²) in [5.74, 6) is 0. The molecule has 0 aromatic carbocycles. The van der Waals surface area contributed by atoms with E-state index in [-0.39, 0.29) is 0 Å². The maximum absolute atomic E-state index is 6.23. The topological polar surface area (TPSA) is 21.1 Å². The van der Waals surface area contributed by atoms with E-state index in [2.05, 4.69) is 39.8 Å². The van der Waals surface area contributed by atoms with Crippen molar-refractivity contribution < 1.29 is 0 Å². The zero-order valence-corrected chi connectivity index (χ0v) is 12.6. The lowest BCUT2D eigenvalue weighted by Gasteiger charge is -2.25. The van der Waals surface area contributed by atoms with Crippen LogP contribution < -0.4 is 0 Å². The largest absolute Gasteiger partial charge is 0.296 e. The smallest absolute Gasteiger partial charge is 0.131 e. The standard InChI is InChI=1S/C11H19BrClN3/c1-8(2)16(6-5-12)7-10-9(3)14-15(4)11(10)13/h8H,5-7H2,1-4H3. The number of hydrogen-bond donors (Lipinski definition) is 0. The Hall–Kier alpha value is -0.0600. The highest BCUT2D eigenvalue weighted by atomic mass is 79.9. The van der Waals surface area contributed by atoms with Crippen LogP contribution in [0.15, 0.2) is 0 Å². The number of aryl methyl sites for hydroxylation is 2. The molecule has 0 radical (unpaired) electrons. The average molecular weight is 309 g/mol. The summed E-state index contributed by atoms with van der Waals surface area (Å²) < 4.78 is 1.73. The average Bonchev–Trinajstić information content (AvgIpc) is 2.43. The van der Waals surface area contributed by atoms with E-state index in [0.717, 1.165) is 34.8 Å². The number of rotatable bonds is 5. The maximum atomic E-state index is 6.23. The van der Waals surface area contributed by atoms with Crippen molar-refractivity contribution in [1.82, 2.24) is 14.7 Å². The van der Waals surface area contributed by atoms with Gasteiger partial charge in [0, 0.05) is 37.1 Å². The van der Waals surface area contributed by atoms with Crippen molar-refractivity contribution in [2.45, 2.75) is 33.4 Å². The van der Waals surface area contributed by atoms with Crippen LogP contribution in [0, 0.1) is 6.92 Å². The number of aromatic nitrogens is 2. The summed E-state index contributed by atoms with van der Waals surface area (Å²) in [5, 5.41) is 6.05. The maximum Gasteiger partial charge on any atom is 0.131 e. The molecule has 92 valence electrons. The van der Waals surface area contributed by atoms with Gasteiger partial charge in [0.2, 0.25) is 0 Å². The van der Waals surface area contributed by atoms with Gasteiger partial charge in [-0.15, -0.1) is 0 Å². The second kappa shape index (κ2) is 6.03. The fraction of sp³-hybridized carbons (Fsp3) is 0.727. The van der Waals surface area contributed by atoms with Crippen LogP contribution in [0.2, 0.25) is 5.15 Å². The summed E-state index contributed by atoms with van der Waals surface area (Å²) in [6, 6.07) is 0.508. The van der Waals surface area contributed by atoms with Gasteiger partial charge in [-0.1, -0.05) is 27.5 Å². The Balaban J connectivity index is 2.84. The molecule has 16 heavy (non-hydrogen) atoms. The van der Waals surface area contributed by atoms with E-state index < -0.39 is 0 Å². The Kier molecular flexibility index (Phi) is 5.28. The molecular weight excluding hydrogens is 289 g/mol. The molecular formula is C11H19BrClN3. The van der Waals surface area contributed by atoms with Crippen LogP contribution in [0.25, 0.3) is 0 Å². The number of nitrogens with zero attached hydrogens (tertiary/aromatic N) is 3. The Labute approximate surface area is 111 Å². The molecule has 0 aliphatic rings. The van der Waals surface area contributed by atoms with E-state index in [4.69, 9.17) is 11.6 Å². The van der Waals surface area contributed by atoms with Gasteiger partial charge in [0.15, 0.2) is 0 Å². The molecule has 0 fully saturated rings. The third kappa shape index (κ3) is 3.22. The van der Waals surface area contributed by atoms with Crippen LogP contribution in [-0.4, -0.2) is 32.6 Å². The van der Waals surface area contributed by atoms with Crippen LogP contribution in [0.4, 0.5) is 0 Å². The van der Waals surface area contributed by atoms with E-state index in [0.29, 0.717) is 6.04 Å². The van der Waals surface area contributed by atoms with E-state index in [1.807, 2.05) is 14.0 Å². The second-order valence-corrected chi connectivity index (χ2v) is 5.38. The summed E-state index contributed by atoms with van der Waals surface area (Å²) in [4.78, 5) is 2.38. The first-order chi connectivity index (χ1) is 7.47. The molecule has 0 atom stereocenters. The van der Waals surface area contributed by atoms with Crippen LogP contribution in [0.5, 0.6) is 0 Å². The van der Waals surface area contributed by atoms with E-state index in [1.165, 1.54) is 0 Å². The molecule has 1 aromatic rings. The normalized spacial score (nSPS) is 11.8. The molecule has 0 amide bonds. The molecule has 0 N–H and O–H groups in total. The van der Waals surface area contributed by atoms with Gasteiger partial charge in [0.05, 0.1) is 5.69 Å². The molecule has 0 saturated carbocycles. The predicted molar refractivity (Wildman–Crippen MR) is 72.3 cm³/mol. The highest BCUT2D eigenvalue weighted by Crippen LogP contribution is 2.21. The van der Waals surface area contributed by atoms with Crippen molar-refractivity contribution in [3.8, 4) is 0 Å². The van der Waals surface area contributed by atoms with Gasteiger partial charge in [0.1, 0.15) is 5.15 Å². The SMILES string of the molecule is Cc1nn(C)c(Cl)c1CN(CCBr)C(C)C. The van der Waals surface area contributed by atoms with Crippen molar-refractivity contribution in [2.24, 2.45) is 7.05 Å². The molecule has 3 nitrogen and oxygen atoms in total. The van der Waals surface area contributed by atoms with Crippen molar-refractivity contribution >= 4 is 27.5 Å². The lowest BCUT2D eigenvalue weighted by molar-refractivity contribution is 0.227. The Bertz CT molecular complexity index is 349. The molecule has 0 unspecified atom stereocenters. The Morgan fingerprint density at radius 2 is 2.12 bits per heavy atom. The second-order valence-electron chi connectivity index (χ2n) is 4.23. The summed E-state index contributed by atoms with van der Waals surface area (Å²) in [6.07, 6.45) is 0. The van der Waals surface area contributed by atoms with Gasteiger partial charge in [-0.2, -0.15) is 5.10 Å². The molecule has 5 heteroatoms. The number of hydrogen-bond acceptors (Lipinski definition) is 2. The first-order valence-electron chi connectivity index (χ1n) is 5.45.